The standard InChI is InChI=1S/C6H18Si3/c7-5-3-1-2-4-6(5,8)9/h5H,1-4H2,7-9H3. The van der Waals surface area contributed by atoms with Gasteiger partial charge in [-0.05, 0) is 0 Å². The van der Waals surface area contributed by atoms with Gasteiger partial charge in [-0.25, -0.2) is 0 Å². The van der Waals surface area contributed by atoms with Crippen molar-refractivity contribution in [3.05, 3.63) is 0 Å². The lowest BCUT2D eigenvalue weighted by molar-refractivity contribution is 0.470. The Bertz CT molecular complexity index is 100. The topological polar surface area (TPSA) is 0 Å². The summed E-state index contributed by atoms with van der Waals surface area (Å²) in [6.45, 7) is 0. The summed E-state index contributed by atoms with van der Waals surface area (Å²) in [6, 6.07) is 0. The van der Waals surface area contributed by atoms with E-state index in [1.165, 1.54) is 36.3 Å². The highest BCUT2D eigenvalue weighted by Crippen LogP contribution is 2.43. The van der Waals surface area contributed by atoms with Gasteiger partial charge in [-0.3, -0.25) is 0 Å². The van der Waals surface area contributed by atoms with Crippen molar-refractivity contribution in [1.29, 1.82) is 0 Å². The van der Waals surface area contributed by atoms with E-state index in [9.17, 15) is 0 Å². The van der Waals surface area contributed by atoms with Gasteiger partial charge in [0, 0.05) is 30.7 Å². The van der Waals surface area contributed by atoms with Crippen LogP contribution in [0.2, 0.25) is 10.2 Å². The molecule has 0 heterocycles. The second-order valence-corrected chi connectivity index (χ2v) is 12.1. The summed E-state index contributed by atoms with van der Waals surface area (Å²) >= 11 is 0. The van der Waals surface area contributed by atoms with E-state index in [-0.39, 0.29) is 0 Å². The number of hydrogen-bond acceptors (Lipinski definition) is 0. The van der Waals surface area contributed by atoms with Crippen molar-refractivity contribution in [2.24, 2.45) is 0 Å². The average Bonchev–Trinajstić information content (AvgIpc) is 1.77. The Balaban J connectivity index is 2.49. The summed E-state index contributed by atoms with van der Waals surface area (Å²) in [6.07, 6.45) is 6.27. The monoisotopic (exact) mass is 174 g/mol. The van der Waals surface area contributed by atoms with Crippen LogP contribution in [-0.4, -0.2) is 30.7 Å². The Morgan fingerprint density at radius 1 is 1.22 bits per heavy atom. The lowest BCUT2D eigenvalue weighted by Gasteiger charge is -2.36. The zero-order valence-corrected chi connectivity index (χ0v) is 12.9. The lowest BCUT2D eigenvalue weighted by atomic mass is 9.98. The maximum atomic E-state index is 1.60. The van der Waals surface area contributed by atoms with E-state index in [4.69, 9.17) is 0 Å². The molecule has 0 nitrogen and oxygen atoms in total. The minimum atomic E-state index is 0.977. The van der Waals surface area contributed by atoms with Gasteiger partial charge in [-0.2, -0.15) is 0 Å². The molecule has 1 saturated carbocycles. The summed E-state index contributed by atoms with van der Waals surface area (Å²) in [5.41, 5.74) is 1.21. The number of rotatable bonds is 0. The van der Waals surface area contributed by atoms with Crippen LogP contribution in [0.5, 0.6) is 0 Å². The fraction of sp³-hybridized carbons (Fsp3) is 1.00. The average molecular weight is 174 g/mol. The van der Waals surface area contributed by atoms with Crippen molar-refractivity contribution < 1.29 is 0 Å². The Kier molecular flexibility index (Phi) is 2.34. The molecule has 0 amide bonds. The Morgan fingerprint density at radius 2 is 1.89 bits per heavy atom. The largest absolute Gasteiger partial charge is 0.0560 e. The molecule has 0 bridgehead atoms. The first-order valence-electron chi connectivity index (χ1n) is 4.13. The lowest BCUT2D eigenvalue weighted by Crippen LogP contribution is -2.23. The predicted octanol–water partition coefficient (Wildman–Crippen LogP) is -1.44. The van der Waals surface area contributed by atoms with E-state index in [1.54, 1.807) is 25.7 Å². The maximum Gasteiger partial charge on any atom is 0.00662 e. The van der Waals surface area contributed by atoms with Crippen LogP contribution in [0.3, 0.4) is 0 Å². The molecular weight excluding hydrogens is 156 g/mol. The maximum absolute atomic E-state index is 1.60. The SMILES string of the molecule is [SiH3]C1CCCCC1([SiH3])[SiH3]. The molecule has 0 radical (unpaired) electrons. The molecule has 1 unspecified atom stereocenters. The van der Waals surface area contributed by atoms with Crippen molar-refractivity contribution in [2.75, 3.05) is 0 Å². The molecular formula is C6H18Si3. The first-order chi connectivity index (χ1) is 4.13. The Hall–Kier alpha value is 0.651. The summed E-state index contributed by atoms with van der Waals surface area (Å²) in [5, 5.41) is 0. The molecule has 1 fully saturated rings. The summed E-state index contributed by atoms with van der Waals surface area (Å²) < 4.78 is 0.977. The minimum Gasteiger partial charge on any atom is -0.0560 e. The van der Waals surface area contributed by atoms with Crippen molar-refractivity contribution in [3.8, 4) is 0 Å². The highest BCUT2D eigenvalue weighted by Gasteiger charge is 2.27. The highest BCUT2D eigenvalue weighted by atomic mass is 28.2. The van der Waals surface area contributed by atoms with Crippen LogP contribution in [0, 0.1) is 0 Å². The van der Waals surface area contributed by atoms with Gasteiger partial charge in [0.25, 0.3) is 0 Å². The minimum absolute atomic E-state index is 0.977. The zero-order valence-electron chi connectivity index (χ0n) is 6.91. The third-order valence-corrected chi connectivity index (χ3v) is 10.5. The van der Waals surface area contributed by atoms with Crippen LogP contribution < -0.4 is 0 Å². The van der Waals surface area contributed by atoms with Gasteiger partial charge >= 0.3 is 0 Å². The predicted molar refractivity (Wildman–Crippen MR) is 54.7 cm³/mol. The molecule has 1 aliphatic carbocycles. The first-order valence-corrected chi connectivity index (χ1v) is 7.28. The molecule has 0 aliphatic heterocycles. The molecule has 1 aliphatic rings. The van der Waals surface area contributed by atoms with Gasteiger partial charge < -0.3 is 0 Å². The summed E-state index contributed by atoms with van der Waals surface area (Å²) in [5.74, 6) is 0. The number of hydrogen-bond donors (Lipinski definition) is 0. The third kappa shape index (κ3) is 1.78. The van der Waals surface area contributed by atoms with E-state index in [2.05, 4.69) is 0 Å². The van der Waals surface area contributed by atoms with Gasteiger partial charge in [0.2, 0.25) is 0 Å². The van der Waals surface area contributed by atoms with E-state index in [0.29, 0.717) is 0 Å². The normalized spacial score (nSPS) is 46.0. The highest BCUT2D eigenvalue weighted by molar-refractivity contribution is 6.43. The fourth-order valence-electron chi connectivity index (χ4n) is 1.67. The molecule has 54 valence electrons. The second-order valence-electron chi connectivity index (χ2n) is 4.14. The molecule has 0 N–H and O–H groups in total. The van der Waals surface area contributed by atoms with Gasteiger partial charge in [0.05, 0.1) is 0 Å². The Morgan fingerprint density at radius 3 is 2.22 bits per heavy atom. The van der Waals surface area contributed by atoms with Gasteiger partial charge in [-0.15, -0.1) is 0 Å². The van der Waals surface area contributed by atoms with Crippen LogP contribution in [-0.2, 0) is 0 Å². The molecule has 1 rings (SSSR count). The van der Waals surface area contributed by atoms with E-state index < -0.39 is 0 Å². The summed E-state index contributed by atoms with van der Waals surface area (Å²) in [4.78, 5) is 0. The molecule has 3 heteroatoms. The fourth-order valence-corrected chi connectivity index (χ4v) is 3.65. The Labute approximate surface area is 67.1 Å². The van der Waals surface area contributed by atoms with E-state index >= 15 is 0 Å². The zero-order chi connectivity index (χ0) is 6.91. The molecule has 1 atom stereocenters. The molecule has 0 aromatic heterocycles. The molecule has 0 aromatic carbocycles. The molecule has 9 heavy (non-hydrogen) atoms. The van der Waals surface area contributed by atoms with Crippen LogP contribution >= 0.6 is 0 Å². The molecule has 0 aromatic rings. The smallest absolute Gasteiger partial charge is 0.00662 e. The second kappa shape index (κ2) is 2.72. The molecule has 0 spiro atoms. The van der Waals surface area contributed by atoms with Crippen LogP contribution in [0.15, 0.2) is 0 Å². The van der Waals surface area contributed by atoms with Crippen molar-refractivity contribution in [3.63, 3.8) is 0 Å². The van der Waals surface area contributed by atoms with Crippen LogP contribution in [0.4, 0.5) is 0 Å². The van der Waals surface area contributed by atoms with E-state index in [1.807, 2.05) is 0 Å². The van der Waals surface area contributed by atoms with Crippen molar-refractivity contribution in [1.82, 2.24) is 0 Å². The van der Waals surface area contributed by atoms with Crippen LogP contribution in [0.25, 0.3) is 0 Å². The first kappa shape index (κ1) is 7.75. The van der Waals surface area contributed by atoms with Crippen LogP contribution in [0.1, 0.15) is 25.7 Å². The van der Waals surface area contributed by atoms with Crippen molar-refractivity contribution >= 4 is 30.7 Å². The van der Waals surface area contributed by atoms with Gasteiger partial charge in [0.15, 0.2) is 0 Å². The third-order valence-electron chi connectivity index (χ3n) is 3.04. The van der Waals surface area contributed by atoms with E-state index in [0.717, 1.165) is 4.66 Å². The quantitative estimate of drug-likeness (QED) is 0.395. The molecule has 0 saturated heterocycles. The van der Waals surface area contributed by atoms with Gasteiger partial charge in [0.1, 0.15) is 0 Å². The van der Waals surface area contributed by atoms with Gasteiger partial charge in [-0.1, -0.05) is 35.9 Å². The summed E-state index contributed by atoms with van der Waals surface area (Å²) in [7, 11) is 4.46. The van der Waals surface area contributed by atoms with Crippen molar-refractivity contribution in [2.45, 2.75) is 35.9 Å².